The van der Waals surface area contributed by atoms with Crippen LogP contribution in [0.4, 0.5) is 5.69 Å². The smallest absolute Gasteiger partial charge is 0.274 e. The first kappa shape index (κ1) is 14.3. The van der Waals surface area contributed by atoms with Crippen LogP contribution in [0.2, 0.25) is 0 Å². The Bertz CT molecular complexity index is 816. The quantitative estimate of drug-likeness (QED) is 0.760. The molecule has 112 valence electrons. The number of fused-ring (bicyclic) bond motifs is 1. The van der Waals surface area contributed by atoms with Gasteiger partial charge in [-0.2, -0.15) is 0 Å². The van der Waals surface area contributed by atoms with E-state index in [1.165, 1.54) is 0 Å². The predicted molar refractivity (Wildman–Crippen MR) is 87.0 cm³/mol. The highest BCUT2D eigenvalue weighted by atomic mass is 16.1. The second-order valence-electron chi connectivity index (χ2n) is 6.24. The number of rotatable bonds is 2. The third kappa shape index (κ3) is 2.83. The number of pyridine rings is 1. The number of amides is 1. The van der Waals surface area contributed by atoms with Crippen LogP contribution in [0.1, 0.15) is 37.1 Å². The van der Waals surface area contributed by atoms with E-state index in [-0.39, 0.29) is 11.3 Å². The molecule has 0 atom stereocenters. The zero-order valence-electron chi connectivity index (χ0n) is 12.8. The minimum absolute atomic E-state index is 0.0452. The number of H-pyrrole nitrogens is 1. The van der Waals surface area contributed by atoms with Crippen molar-refractivity contribution < 1.29 is 4.79 Å². The summed E-state index contributed by atoms with van der Waals surface area (Å²) in [6, 6.07) is 10.9. The molecular weight excluding hydrogens is 276 g/mol. The van der Waals surface area contributed by atoms with Gasteiger partial charge in [0, 0.05) is 17.3 Å². The first-order chi connectivity index (χ1) is 10.4. The van der Waals surface area contributed by atoms with Gasteiger partial charge >= 0.3 is 0 Å². The molecule has 0 unspecified atom stereocenters. The highest BCUT2D eigenvalue weighted by Gasteiger charge is 2.18. The molecule has 0 aliphatic heterocycles. The number of nitrogens with zero attached hydrogens (tertiary/aromatic N) is 2. The third-order valence-corrected chi connectivity index (χ3v) is 3.35. The van der Waals surface area contributed by atoms with E-state index in [0.717, 1.165) is 16.9 Å². The Hall–Kier alpha value is -2.69. The molecule has 0 saturated carbocycles. The zero-order chi connectivity index (χ0) is 15.7. The number of hydrogen-bond donors (Lipinski definition) is 2. The van der Waals surface area contributed by atoms with Crippen molar-refractivity contribution in [2.75, 3.05) is 5.32 Å². The average molecular weight is 294 g/mol. The summed E-state index contributed by atoms with van der Waals surface area (Å²) in [5.41, 5.74) is 2.86. The Labute approximate surface area is 128 Å². The predicted octanol–water partition coefficient (Wildman–Crippen LogP) is 3.51. The van der Waals surface area contributed by atoms with E-state index in [0.29, 0.717) is 11.4 Å². The molecule has 3 rings (SSSR count). The molecule has 22 heavy (non-hydrogen) atoms. The van der Waals surface area contributed by atoms with Gasteiger partial charge in [0.05, 0.1) is 11.0 Å². The van der Waals surface area contributed by atoms with Crippen molar-refractivity contribution in [1.82, 2.24) is 15.0 Å². The number of hydrogen-bond acceptors (Lipinski definition) is 3. The molecule has 2 N–H and O–H groups in total. The highest BCUT2D eigenvalue weighted by Crippen LogP contribution is 2.24. The summed E-state index contributed by atoms with van der Waals surface area (Å²) < 4.78 is 0. The molecule has 5 heteroatoms. The van der Waals surface area contributed by atoms with Gasteiger partial charge in [0.1, 0.15) is 11.5 Å². The van der Waals surface area contributed by atoms with Crippen molar-refractivity contribution in [2.24, 2.45) is 0 Å². The monoisotopic (exact) mass is 294 g/mol. The van der Waals surface area contributed by atoms with Gasteiger partial charge in [-0.25, -0.2) is 4.98 Å². The number of nitrogens with one attached hydrogen (secondary N) is 2. The van der Waals surface area contributed by atoms with E-state index >= 15 is 0 Å². The van der Waals surface area contributed by atoms with E-state index in [9.17, 15) is 4.79 Å². The number of imidazole rings is 1. The summed E-state index contributed by atoms with van der Waals surface area (Å²) in [6.45, 7) is 6.32. The number of carbonyl (C=O) groups is 1. The fraction of sp³-hybridized carbons (Fsp3) is 0.235. The van der Waals surface area contributed by atoms with Crippen LogP contribution < -0.4 is 5.32 Å². The molecule has 2 aromatic heterocycles. The first-order valence-corrected chi connectivity index (χ1v) is 7.16. The number of aromatic nitrogens is 3. The molecule has 0 fully saturated rings. The van der Waals surface area contributed by atoms with Crippen LogP contribution in [0.3, 0.4) is 0 Å². The number of anilines is 1. The van der Waals surface area contributed by atoms with Crippen LogP contribution in [-0.4, -0.2) is 20.9 Å². The van der Waals surface area contributed by atoms with Crippen LogP contribution in [0.15, 0.2) is 42.6 Å². The lowest BCUT2D eigenvalue weighted by molar-refractivity contribution is 0.102. The number of aromatic amines is 1. The lowest BCUT2D eigenvalue weighted by Crippen LogP contribution is -2.13. The summed E-state index contributed by atoms with van der Waals surface area (Å²) in [7, 11) is 0. The largest absolute Gasteiger partial charge is 0.341 e. The fourth-order valence-electron chi connectivity index (χ4n) is 2.13. The number of benzene rings is 1. The van der Waals surface area contributed by atoms with Crippen LogP contribution in [0, 0.1) is 0 Å². The summed E-state index contributed by atoms with van der Waals surface area (Å²) >= 11 is 0. The number of carbonyl (C=O) groups excluding carboxylic acids is 1. The second kappa shape index (κ2) is 5.26. The van der Waals surface area contributed by atoms with Gasteiger partial charge in [-0.05, 0) is 30.3 Å². The van der Waals surface area contributed by atoms with Gasteiger partial charge < -0.3 is 10.3 Å². The van der Waals surface area contributed by atoms with Gasteiger partial charge in [0.25, 0.3) is 5.91 Å². The second-order valence-corrected chi connectivity index (χ2v) is 6.24. The van der Waals surface area contributed by atoms with Crippen molar-refractivity contribution in [1.29, 1.82) is 0 Å². The Morgan fingerprint density at radius 1 is 1.18 bits per heavy atom. The molecule has 0 radical (unpaired) electrons. The van der Waals surface area contributed by atoms with Gasteiger partial charge in [0.15, 0.2) is 0 Å². The van der Waals surface area contributed by atoms with Crippen molar-refractivity contribution in [2.45, 2.75) is 26.2 Å². The topological polar surface area (TPSA) is 70.7 Å². The molecule has 1 amide bonds. The lowest BCUT2D eigenvalue weighted by Gasteiger charge is -2.13. The molecule has 2 heterocycles. The summed E-state index contributed by atoms with van der Waals surface area (Å²) in [6.07, 6.45) is 1.60. The molecular formula is C17H18N4O. The van der Waals surface area contributed by atoms with E-state index in [4.69, 9.17) is 0 Å². The standard InChI is InChI=1S/C17H18N4O/c1-17(2,3)16-20-12-8-7-11(10-14(12)21-16)19-15(22)13-6-4-5-9-18-13/h4-10H,1-3H3,(H,19,22)(H,20,21). The Morgan fingerprint density at radius 2 is 2.00 bits per heavy atom. The Balaban J connectivity index is 1.88. The third-order valence-electron chi connectivity index (χ3n) is 3.35. The average Bonchev–Trinajstić information content (AvgIpc) is 2.91. The van der Waals surface area contributed by atoms with Gasteiger partial charge in [-0.15, -0.1) is 0 Å². The van der Waals surface area contributed by atoms with Crippen LogP contribution in [-0.2, 0) is 5.41 Å². The van der Waals surface area contributed by atoms with Crippen molar-refractivity contribution in [3.05, 3.63) is 54.1 Å². The van der Waals surface area contributed by atoms with Crippen LogP contribution in [0.5, 0.6) is 0 Å². The maximum Gasteiger partial charge on any atom is 0.274 e. The minimum Gasteiger partial charge on any atom is -0.341 e. The normalized spacial score (nSPS) is 11.6. The zero-order valence-corrected chi connectivity index (χ0v) is 12.8. The van der Waals surface area contributed by atoms with Gasteiger partial charge in [-0.1, -0.05) is 26.8 Å². The van der Waals surface area contributed by atoms with Crippen molar-refractivity contribution >= 4 is 22.6 Å². The Kier molecular flexibility index (Phi) is 3.41. The molecule has 0 bridgehead atoms. The lowest BCUT2D eigenvalue weighted by atomic mass is 9.96. The summed E-state index contributed by atoms with van der Waals surface area (Å²) in [5, 5.41) is 2.85. The Morgan fingerprint density at radius 3 is 2.68 bits per heavy atom. The maximum absolute atomic E-state index is 12.1. The molecule has 0 aliphatic carbocycles. The summed E-state index contributed by atoms with van der Waals surface area (Å²) in [4.78, 5) is 24.0. The summed E-state index contributed by atoms with van der Waals surface area (Å²) in [5.74, 6) is 0.700. The van der Waals surface area contributed by atoms with E-state index < -0.39 is 0 Å². The van der Waals surface area contributed by atoms with E-state index in [1.807, 2.05) is 18.2 Å². The molecule has 5 nitrogen and oxygen atoms in total. The van der Waals surface area contributed by atoms with Crippen LogP contribution >= 0.6 is 0 Å². The molecule has 1 aromatic carbocycles. The first-order valence-electron chi connectivity index (χ1n) is 7.16. The molecule has 0 aliphatic rings. The van der Waals surface area contributed by atoms with Crippen molar-refractivity contribution in [3.8, 4) is 0 Å². The fourth-order valence-corrected chi connectivity index (χ4v) is 2.13. The SMILES string of the molecule is CC(C)(C)c1nc2ccc(NC(=O)c3ccccn3)cc2[nH]1. The van der Waals surface area contributed by atoms with Crippen molar-refractivity contribution in [3.63, 3.8) is 0 Å². The minimum atomic E-state index is -0.226. The van der Waals surface area contributed by atoms with E-state index in [1.54, 1.807) is 24.4 Å². The van der Waals surface area contributed by atoms with Gasteiger partial charge in [-0.3, -0.25) is 9.78 Å². The maximum atomic E-state index is 12.1. The van der Waals surface area contributed by atoms with Crippen LogP contribution in [0.25, 0.3) is 11.0 Å². The van der Waals surface area contributed by atoms with Gasteiger partial charge in [0.2, 0.25) is 0 Å². The molecule has 0 saturated heterocycles. The van der Waals surface area contributed by atoms with E-state index in [2.05, 4.69) is 41.0 Å². The molecule has 0 spiro atoms. The highest BCUT2D eigenvalue weighted by molar-refractivity contribution is 6.03. The molecule has 3 aromatic rings.